The van der Waals surface area contributed by atoms with E-state index in [1.807, 2.05) is 29.6 Å². The van der Waals surface area contributed by atoms with Crippen molar-refractivity contribution in [2.24, 2.45) is 0 Å². The molecule has 0 spiro atoms. The number of thiophene rings is 1. The number of rotatable bonds is 5. The highest BCUT2D eigenvalue weighted by molar-refractivity contribution is 7.12. The Labute approximate surface area is 159 Å². The smallest absolute Gasteiger partial charge is 0.261 e. The molecule has 1 amide bonds. The number of carbonyl (C=O) groups is 1. The topological polar surface area (TPSA) is 41.6 Å². The van der Waals surface area contributed by atoms with Gasteiger partial charge in [-0.25, -0.2) is 0 Å². The third-order valence-corrected chi connectivity index (χ3v) is 6.68. The van der Waals surface area contributed by atoms with Crippen LogP contribution in [0.25, 0.3) is 0 Å². The zero-order chi connectivity index (χ0) is 18.1. The van der Waals surface area contributed by atoms with Crippen LogP contribution < -0.4 is 10.1 Å². The molecule has 2 fully saturated rings. The summed E-state index contributed by atoms with van der Waals surface area (Å²) in [5.41, 5.74) is 2.23. The minimum Gasteiger partial charge on any atom is -0.489 e. The van der Waals surface area contributed by atoms with Crippen LogP contribution in [0, 0.1) is 6.92 Å². The molecule has 2 aromatic rings. The largest absolute Gasteiger partial charge is 0.489 e. The first-order valence-corrected chi connectivity index (χ1v) is 10.3. The molecule has 26 heavy (non-hydrogen) atoms. The average molecular weight is 371 g/mol. The lowest BCUT2D eigenvalue weighted by Gasteiger charge is -2.36. The van der Waals surface area contributed by atoms with E-state index in [1.54, 1.807) is 0 Å². The zero-order valence-electron chi connectivity index (χ0n) is 15.4. The maximum absolute atomic E-state index is 12.6. The normalized spacial score (nSPS) is 25.2. The van der Waals surface area contributed by atoms with E-state index in [-0.39, 0.29) is 5.91 Å². The van der Waals surface area contributed by atoms with E-state index in [2.05, 4.69) is 30.3 Å². The van der Waals surface area contributed by atoms with Crippen LogP contribution in [0.1, 0.15) is 46.5 Å². The Morgan fingerprint density at radius 2 is 2.04 bits per heavy atom. The third kappa shape index (κ3) is 3.79. The van der Waals surface area contributed by atoms with Crippen LogP contribution >= 0.6 is 11.3 Å². The first-order chi connectivity index (χ1) is 12.6. The van der Waals surface area contributed by atoms with Crippen molar-refractivity contribution < 1.29 is 9.53 Å². The van der Waals surface area contributed by atoms with Crippen LogP contribution in [-0.4, -0.2) is 36.0 Å². The predicted octanol–water partition coefficient (Wildman–Crippen LogP) is 3.99. The molecular weight excluding hydrogens is 344 g/mol. The fraction of sp³-hybridized carbons (Fsp3) is 0.476. The van der Waals surface area contributed by atoms with Crippen molar-refractivity contribution in [3.8, 4) is 5.75 Å². The fourth-order valence-corrected chi connectivity index (χ4v) is 5.03. The van der Waals surface area contributed by atoms with Gasteiger partial charge in [0.25, 0.3) is 5.91 Å². The van der Waals surface area contributed by atoms with Crippen LogP contribution in [0.2, 0.25) is 0 Å². The van der Waals surface area contributed by atoms with Crippen molar-refractivity contribution in [3.05, 3.63) is 51.7 Å². The summed E-state index contributed by atoms with van der Waals surface area (Å²) in [6, 6.07) is 11.6. The van der Waals surface area contributed by atoms with Crippen molar-refractivity contribution >= 4 is 17.2 Å². The van der Waals surface area contributed by atoms with E-state index in [4.69, 9.17) is 4.74 Å². The van der Waals surface area contributed by atoms with E-state index in [0.717, 1.165) is 29.0 Å². The van der Waals surface area contributed by atoms with Gasteiger partial charge in [-0.3, -0.25) is 4.79 Å². The molecule has 2 aliphatic heterocycles. The molecule has 0 saturated carbocycles. The molecular formula is C21H26N2O2S. The van der Waals surface area contributed by atoms with E-state index >= 15 is 0 Å². The summed E-state index contributed by atoms with van der Waals surface area (Å²) in [6.07, 6.45) is 4.70. The molecule has 2 unspecified atom stereocenters. The molecule has 5 heteroatoms. The quantitative estimate of drug-likeness (QED) is 0.865. The van der Waals surface area contributed by atoms with E-state index in [0.29, 0.717) is 24.7 Å². The first-order valence-electron chi connectivity index (χ1n) is 9.38. The number of amides is 1. The SMILES string of the molecule is Cc1cccc(OCc2csc(C(=O)NC3CC4CCC(C3)N4C)c2)c1. The highest BCUT2D eigenvalue weighted by Crippen LogP contribution is 2.34. The number of fused-ring (bicyclic) bond motifs is 2. The maximum atomic E-state index is 12.6. The lowest BCUT2D eigenvalue weighted by Crippen LogP contribution is -2.48. The van der Waals surface area contributed by atoms with Gasteiger partial charge in [-0.15, -0.1) is 11.3 Å². The van der Waals surface area contributed by atoms with Crippen molar-refractivity contribution in [1.82, 2.24) is 10.2 Å². The van der Waals surface area contributed by atoms with Gasteiger partial charge in [0, 0.05) is 23.7 Å². The van der Waals surface area contributed by atoms with Gasteiger partial charge >= 0.3 is 0 Å². The molecule has 1 aromatic heterocycles. The number of nitrogens with zero attached hydrogens (tertiary/aromatic N) is 1. The lowest BCUT2D eigenvalue weighted by atomic mass is 9.98. The number of hydrogen-bond acceptors (Lipinski definition) is 4. The summed E-state index contributed by atoms with van der Waals surface area (Å²) in [5, 5.41) is 5.27. The van der Waals surface area contributed by atoms with Crippen molar-refractivity contribution in [1.29, 1.82) is 0 Å². The number of carbonyl (C=O) groups excluding carboxylic acids is 1. The van der Waals surface area contributed by atoms with Gasteiger partial charge in [0.05, 0.1) is 4.88 Å². The fourth-order valence-electron chi connectivity index (χ4n) is 4.23. The Kier molecular flexibility index (Phi) is 5.00. The molecule has 1 N–H and O–H groups in total. The summed E-state index contributed by atoms with van der Waals surface area (Å²) in [6.45, 7) is 2.54. The zero-order valence-corrected chi connectivity index (χ0v) is 16.2. The number of ether oxygens (including phenoxy) is 1. The Morgan fingerprint density at radius 1 is 1.27 bits per heavy atom. The van der Waals surface area contributed by atoms with Crippen LogP contribution in [0.4, 0.5) is 0 Å². The minimum atomic E-state index is 0.0609. The van der Waals surface area contributed by atoms with Crippen LogP contribution in [-0.2, 0) is 6.61 Å². The van der Waals surface area contributed by atoms with Gasteiger partial charge in [-0.05, 0) is 68.8 Å². The third-order valence-electron chi connectivity index (χ3n) is 5.71. The van der Waals surface area contributed by atoms with Crippen molar-refractivity contribution in [2.75, 3.05) is 7.05 Å². The molecule has 2 atom stereocenters. The summed E-state index contributed by atoms with van der Waals surface area (Å²) in [5.74, 6) is 0.926. The first kappa shape index (κ1) is 17.6. The number of aryl methyl sites for hydroxylation is 1. The van der Waals surface area contributed by atoms with Gasteiger partial charge in [-0.1, -0.05) is 12.1 Å². The molecule has 0 radical (unpaired) electrons. The van der Waals surface area contributed by atoms with E-state index in [1.165, 1.54) is 29.7 Å². The van der Waals surface area contributed by atoms with Gasteiger partial charge in [0.2, 0.25) is 0 Å². The van der Waals surface area contributed by atoms with Crippen LogP contribution in [0.5, 0.6) is 5.75 Å². The molecule has 4 rings (SSSR count). The molecule has 3 heterocycles. The minimum absolute atomic E-state index is 0.0609. The summed E-state index contributed by atoms with van der Waals surface area (Å²) in [7, 11) is 2.22. The summed E-state index contributed by atoms with van der Waals surface area (Å²) < 4.78 is 5.83. The van der Waals surface area contributed by atoms with Gasteiger partial charge < -0.3 is 15.0 Å². The Hall–Kier alpha value is -1.85. The van der Waals surface area contributed by atoms with E-state index in [9.17, 15) is 4.79 Å². The van der Waals surface area contributed by atoms with Gasteiger partial charge in [0.1, 0.15) is 12.4 Å². The molecule has 1 aromatic carbocycles. The molecule has 2 bridgehead atoms. The highest BCUT2D eigenvalue weighted by Gasteiger charge is 2.38. The van der Waals surface area contributed by atoms with Crippen molar-refractivity contribution in [3.63, 3.8) is 0 Å². The lowest BCUT2D eigenvalue weighted by molar-refractivity contribution is 0.0886. The number of nitrogens with one attached hydrogen (secondary N) is 1. The highest BCUT2D eigenvalue weighted by atomic mass is 32.1. The van der Waals surface area contributed by atoms with Gasteiger partial charge in [0.15, 0.2) is 0 Å². The molecule has 2 aliphatic rings. The number of benzene rings is 1. The number of piperidine rings is 1. The Bertz CT molecular complexity index is 774. The average Bonchev–Trinajstić information content (AvgIpc) is 3.16. The molecule has 0 aliphatic carbocycles. The summed E-state index contributed by atoms with van der Waals surface area (Å²) >= 11 is 1.50. The molecule has 4 nitrogen and oxygen atoms in total. The maximum Gasteiger partial charge on any atom is 0.261 e. The number of hydrogen-bond donors (Lipinski definition) is 1. The second kappa shape index (κ2) is 7.41. The molecule has 138 valence electrons. The second-order valence-electron chi connectivity index (χ2n) is 7.62. The van der Waals surface area contributed by atoms with Crippen LogP contribution in [0.3, 0.4) is 0 Å². The second-order valence-corrected chi connectivity index (χ2v) is 8.53. The Balaban J connectivity index is 1.32. The van der Waals surface area contributed by atoms with Gasteiger partial charge in [-0.2, -0.15) is 0 Å². The summed E-state index contributed by atoms with van der Waals surface area (Å²) in [4.78, 5) is 15.9. The standard InChI is InChI=1S/C21H26N2O2S/c1-14-4-3-5-19(8-14)25-12-15-9-20(26-13-15)21(24)22-16-10-17-6-7-18(11-16)23(17)2/h3-5,8-9,13,16-18H,6-7,10-12H2,1-2H3,(H,22,24). The van der Waals surface area contributed by atoms with Crippen molar-refractivity contribution in [2.45, 2.75) is 57.3 Å². The molecule has 2 saturated heterocycles. The Morgan fingerprint density at radius 3 is 2.77 bits per heavy atom. The monoisotopic (exact) mass is 370 g/mol. The van der Waals surface area contributed by atoms with Crippen LogP contribution in [0.15, 0.2) is 35.7 Å². The predicted molar refractivity (Wildman–Crippen MR) is 105 cm³/mol. The van der Waals surface area contributed by atoms with E-state index < -0.39 is 0 Å².